The van der Waals surface area contributed by atoms with Gasteiger partial charge in [0, 0.05) is 28.4 Å². The Balaban J connectivity index is 1.87. The Morgan fingerprint density at radius 2 is 1.77 bits per heavy atom. The Kier molecular flexibility index (Phi) is 4.50. The van der Waals surface area contributed by atoms with E-state index in [9.17, 15) is 5.11 Å². The summed E-state index contributed by atoms with van der Waals surface area (Å²) in [7, 11) is 1.65. The fourth-order valence-electron chi connectivity index (χ4n) is 2.91. The second-order valence-corrected chi connectivity index (χ2v) is 6.93. The summed E-state index contributed by atoms with van der Waals surface area (Å²) in [5, 5.41) is 13.1. The highest BCUT2D eigenvalue weighted by Crippen LogP contribution is 2.45. The van der Waals surface area contributed by atoms with Crippen molar-refractivity contribution in [1.82, 2.24) is 4.98 Å². The zero-order chi connectivity index (χ0) is 17.9. The van der Waals surface area contributed by atoms with Crippen molar-refractivity contribution in [3.63, 3.8) is 0 Å². The average molecular weight is 359 g/mol. The molecule has 0 amide bonds. The van der Waals surface area contributed by atoms with Gasteiger partial charge in [-0.2, -0.15) is 0 Å². The van der Waals surface area contributed by atoms with Crippen molar-refractivity contribution < 1.29 is 9.84 Å². The molecule has 0 aliphatic rings. The summed E-state index contributed by atoms with van der Waals surface area (Å²) in [6.07, 6.45) is 3.50. The summed E-state index contributed by atoms with van der Waals surface area (Å²) in [6, 6.07) is 21.8. The smallest absolute Gasteiger partial charge is 0.138 e. The number of nitrogens with zero attached hydrogens (tertiary/aromatic N) is 1. The summed E-state index contributed by atoms with van der Waals surface area (Å²) in [5.41, 5.74) is 1.68. The van der Waals surface area contributed by atoms with Gasteiger partial charge in [0.1, 0.15) is 11.5 Å². The number of pyridine rings is 1. The minimum absolute atomic E-state index is 0.275. The van der Waals surface area contributed by atoms with Gasteiger partial charge in [-0.3, -0.25) is 4.98 Å². The van der Waals surface area contributed by atoms with E-state index in [-0.39, 0.29) is 5.75 Å². The first kappa shape index (κ1) is 16.5. The molecule has 1 aromatic heterocycles. The molecular formula is C22H17NO2S. The number of ether oxygens (including phenoxy) is 1. The van der Waals surface area contributed by atoms with E-state index in [1.807, 2.05) is 60.7 Å². The van der Waals surface area contributed by atoms with Crippen LogP contribution < -0.4 is 4.74 Å². The van der Waals surface area contributed by atoms with Crippen molar-refractivity contribution in [2.24, 2.45) is 0 Å². The molecule has 3 aromatic carbocycles. The minimum atomic E-state index is 0.275. The van der Waals surface area contributed by atoms with Gasteiger partial charge in [0.25, 0.3) is 0 Å². The van der Waals surface area contributed by atoms with Crippen LogP contribution in [-0.4, -0.2) is 17.2 Å². The lowest BCUT2D eigenvalue weighted by atomic mass is 10.0. The van der Waals surface area contributed by atoms with E-state index in [1.54, 1.807) is 31.3 Å². The number of hydrogen-bond donors (Lipinski definition) is 1. The molecule has 128 valence electrons. The van der Waals surface area contributed by atoms with Crippen LogP contribution in [-0.2, 0) is 0 Å². The van der Waals surface area contributed by atoms with Crippen LogP contribution in [0.15, 0.2) is 88.9 Å². The number of methoxy groups -OCH3 is 1. The molecule has 0 aliphatic heterocycles. The van der Waals surface area contributed by atoms with Crippen molar-refractivity contribution in [1.29, 1.82) is 0 Å². The van der Waals surface area contributed by atoms with Gasteiger partial charge in [-0.05, 0) is 47.2 Å². The molecule has 0 bridgehead atoms. The second-order valence-electron chi connectivity index (χ2n) is 5.84. The van der Waals surface area contributed by atoms with Gasteiger partial charge in [0.05, 0.1) is 12.0 Å². The van der Waals surface area contributed by atoms with Crippen molar-refractivity contribution in [3.05, 3.63) is 79.1 Å². The van der Waals surface area contributed by atoms with Gasteiger partial charge in [-0.15, -0.1) is 0 Å². The van der Waals surface area contributed by atoms with Crippen LogP contribution in [0.4, 0.5) is 0 Å². The van der Waals surface area contributed by atoms with Crippen LogP contribution in [0.2, 0.25) is 0 Å². The molecule has 1 heterocycles. The molecule has 0 spiro atoms. The predicted molar refractivity (Wildman–Crippen MR) is 106 cm³/mol. The quantitative estimate of drug-likeness (QED) is 0.502. The van der Waals surface area contributed by atoms with E-state index in [4.69, 9.17) is 4.74 Å². The summed E-state index contributed by atoms with van der Waals surface area (Å²) in [5.74, 6) is 1.09. The molecule has 3 nitrogen and oxygen atoms in total. The van der Waals surface area contributed by atoms with Gasteiger partial charge < -0.3 is 9.84 Å². The first-order valence-corrected chi connectivity index (χ1v) is 9.05. The summed E-state index contributed by atoms with van der Waals surface area (Å²) in [4.78, 5) is 6.06. The summed E-state index contributed by atoms with van der Waals surface area (Å²) < 4.78 is 5.22. The highest BCUT2D eigenvalue weighted by Gasteiger charge is 2.15. The van der Waals surface area contributed by atoms with E-state index >= 15 is 0 Å². The molecule has 4 heteroatoms. The average Bonchev–Trinajstić information content (AvgIpc) is 2.71. The zero-order valence-corrected chi connectivity index (χ0v) is 15.0. The van der Waals surface area contributed by atoms with Crippen molar-refractivity contribution in [3.8, 4) is 22.6 Å². The Morgan fingerprint density at radius 1 is 0.962 bits per heavy atom. The molecule has 0 saturated carbocycles. The molecule has 0 aliphatic carbocycles. The third-order valence-corrected chi connectivity index (χ3v) is 5.35. The number of phenols is 1. The van der Waals surface area contributed by atoms with Gasteiger partial charge in [0.15, 0.2) is 0 Å². The maximum atomic E-state index is 11.0. The lowest BCUT2D eigenvalue weighted by Crippen LogP contribution is -1.87. The van der Waals surface area contributed by atoms with Crippen LogP contribution in [0.1, 0.15) is 0 Å². The first-order valence-electron chi connectivity index (χ1n) is 8.23. The number of hydrogen-bond acceptors (Lipinski definition) is 4. The van der Waals surface area contributed by atoms with Gasteiger partial charge >= 0.3 is 0 Å². The monoisotopic (exact) mass is 359 g/mol. The molecule has 0 unspecified atom stereocenters. The maximum Gasteiger partial charge on any atom is 0.138 e. The number of benzene rings is 3. The SMILES string of the molecule is COc1ccc(Sc2c(O)c(-c3cccnc3)cc3ccccc23)cc1. The van der Waals surface area contributed by atoms with E-state index in [0.29, 0.717) is 0 Å². The number of fused-ring (bicyclic) bond motifs is 1. The second kappa shape index (κ2) is 7.10. The molecular weight excluding hydrogens is 342 g/mol. The third kappa shape index (κ3) is 3.11. The topological polar surface area (TPSA) is 42.4 Å². The van der Waals surface area contributed by atoms with Crippen LogP contribution in [0.3, 0.4) is 0 Å². The Bertz CT molecular complexity index is 1050. The fraction of sp³-hybridized carbons (Fsp3) is 0.0455. The lowest BCUT2D eigenvalue weighted by molar-refractivity contribution is 0.414. The van der Waals surface area contributed by atoms with E-state index in [1.165, 1.54) is 0 Å². The molecule has 0 fully saturated rings. The number of phenolic OH excluding ortho intramolecular Hbond substituents is 1. The summed E-state index contributed by atoms with van der Waals surface area (Å²) in [6.45, 7) is 0. The van der Waals surface area contributed by atoms with Crippen LogP contribution in [0.5, 0.6) is 11.5 Å². The van der Waals surface area contributed by atoms with Crippen LogP contribution in [0, 0.1) is 0 Å². The molecule has 4 rings (SSSR count). The maximum absolute atomic E-state index is 11.0. The molecule has 26 heavy (non-hydrogen) atoms. The number of aromatic nitrogens is 1. The van der Waals surface area contributed by atoms with Crippen molar-refractivity contribution in [2.45, 2.75) is 9.79 Å². The van der Waals surface area contributed by atoms with Crippen LogP contribution in [0.25, 0.3) is 21.9 Å². The van der Waals surface area contributed by atoms with Gasteiger partial charge in [0.2, 0.25) is 0 Å². The molecule has 4 aromatic rings. The first-order chi connectivity index (χ1) is 12.8. The Labute approximate surface area is 156 Å². The van der Waals surface area contributed by atoms with Crippen molar-refractivity contribution >= 4 is 22.5 Å². The van der Waals surface area contributed by atoms with Gasteiger partial charge in [-0.1, -0.05) is 42.1 Å². The molecule has 1 N–H and O–H groups in total. The Morgan fingerprint density at radius 3 is 2.50 bits per heavy atom. The van der Waals surface area contributed by atoms with Crippen LogP contribution >= 0.6 is 11.8 Å². The van der Waals surface area contributed by atoms with E-state index in [0.717, 1.165) is 37.4 Å². The van der Waals surface area contributed by atoms with E-state index < -0.39 is 0 Å². The van der Waals surface area contributed by atoms with Gasteiger partial charge in [-0.25, -0.2) is 0 Å². The lowest BCUT2D eigenvalue weighted by Gasteiger charge is -2.14. The normalized spacial score (nSPS) is 10.8. The molecule has 0 atom stereocenters. The standard InChI is InChI=1S/C22H17NO2S/c1-25-17-8-10-18(11-9-17)26-22-19-7-3-2-5-15(19)13-20(21(22)24)16-6-4-12-23-14-16/h2-14,24H,1H3. The number of aromatic hydroxyl groups is 1. The zero-order valence-electron chi connectivity index (χ0n) is 14.2. The van der Waals surface area contributed by atoms with Crippen molar-refractivity contribution in [2.75, 3.05) is 7.11 Å². The summed E-state index contributed by atoms with van der Waals surface area (Å²) >= 11 is 1.55. The fourth-order valence-corrected chi connectivity index (χ4v) is 3.92. The Hall–Kier alpha value is -2.98. The minimum Gasteiger partial charge on any atom is -0.506 e. The highest BCUT2D eigenvalue weighted by molar-refractivity contribution is 7.99. The largest absolute Gasteiger partial charge is 0.506 e. The number of rotatable bonds is 4. The predicted octanol–water partition coefficient (Wildman–Crippen LogP) is 5.77. The van der Waals surface area contributed by atoms with E-state index in [2.05, 4.69) is 11.1 Å². The molecule has 0 radical (unpaired) electrons. The highest BCUT2D eigenvalue weighted by atomic mass is 32.2. The molecule has 0 saturated heterocycles. The third-order valence-electron chi connectivity index (χ3n) is 4.23.